The lowest BCUT2D eigenvalue weighted by molar-refractivity contribution is 0.0940. The number of phenols is 1. The van der Waals surface area contributed by atoms with Crippen molar-refractivity contribution in [2.75, 3.05) is 33.2 Å². The summed E-state index contributed by atoms with van der Waals surface area (Å²) in [6.07, 6.45) is 10.2. The molecule has 0 bridgehead atoms. The maximum absolute atomic E-state index is 12.8. The maximum Gasteiger partial charge on any atom is 0.281 e. The third-order valence-electron chi connectivity index (χ3n) is 12.5. The first kappa shape index (κ1) is 68.3. The van der Waals surface area contributed by atoms with Gasteiger partial charge in [0.2, 0.25) is 35.7 Å². The topological polar surface area (TPSA) is 325 Å². The predicted molar refractivity (Wildman–Crippen MR) is 360 cm³/mol. The summed E-state index contributed by atoms with van der Waals surface area (Å²) in [5.41, 5.74) is 23.1. The van der Waals surface area contributed by atoms with E-state index in [-0.39, 0.29) is 53.8 Å². The summed E-state index contributed by atoms with van der Waals surface area (Å²) in [5, 5.41) is 32.6. The number of phenolic OH excluding ortho intramolecular Hbond substituents is 1. The number of allylic oxidation sites excluding steroid dienone is 2. The van der Waals surface area contributed by atoms with Gasteiger partial charge in [0.05, 0.1) is 18.3 Å². The molecule has 3 aromatic heterocycles. The molecule has 23 nitrogen and oxygen atoms in total. The van der Waals surface area contributed by atoms with Crippen LogP contribution in [0, 0.1) is 6.92 Å². The second kappa shape index (κ2) is 34.5. The van der Waals surface area contributed by atoms with Gasteiger partial charge in [-0.1, -0.05) is 60.2 Å². The number of hydrogen-bond donors (Lipinski definition) is 8. The van der Waals surface area contributed by atoms with Crippen LogP contribution in [0.25, 0.3) is 0 Å². The first-order valence-electron chi connectivity index (χ1n) is 29.5. The smallest absolute Gasteiger partial charge is 0.281 e. The van der Waals surface area contributed by atoms with Gasteiger partial charge < -0.3 is 57.2 Å². The van der Waals surface area contributed by atoms with Crippen LogP contribution in [0.2, 0.25) is 0 Å². The summed E-state index contributed by atoms with van der Waals surface area (Å²) >= 11 is 5.28. The normalized spacial score (nSPS) is 11.2. The van der Waals surface area contributed by atoms with Crippen molar-refractivity contribution in [1.82, 2.24) is 44.7 Å². The van der Waals surface area contributed by atoms with Crippen LogP contribution >= 0.6 is 11.6 Å². The molecule has 92 heavy (non-hydrogen) atoms. The van der Waals surface area contributed by atoms with Gasteiger partial charge in [-0.15, -0.1) is 15.3 Å². The van der Waals surface area contributed by atoms with E-state index in [0.717, 1.165) is 37.8 Å². The summed E-state index contributed by atoms with van der Waals surface area (Å²) in [4.78, 5) is 48.2. The molecule has 10 aromatic rings. The molecule has 0 spiro atoms. The molecule has 11 N–H and O–H groups in total. The number of nitrogens with one attached hydrogen (secondary N) is 4. The molecule has 24 heteroatoms. The number of aryl methyl sites for hydroxylation is 1. The number of nitrogens with two attached hydrogens (primary N) is 3. The van der Waals surface area contributed by atoms with E-state index < -0.39 is 11.1 Å². The highest BCUT2D eigenvalue weighted by Crippen LogP contribution is 2.24. The zero-order chi connectivity index (χ0) is 65.9. The van der Waals surface area contributed by atoms with Gasteiger partial charge in [-0.3, -0.25) is 14.4 Å². The Balaban J connectivity index is 0.000000179. The van der Waals surface area contributed by atoms with Crippen LogP contribution < -0.4 is 52.1 Å². The van der Waals surface area contributed by atoms with Crippen molar-refractivity contribution in [3.05, 3.63) is 216 Å². The third-order valence-corrected chi connectivity index (χ3v) is 12.7. The number of carbonyl (C=O) groups excluding carboxylic acids is 3. The summed E-state index contributed by atoms with van der Waals surface area (Å²) in [7, 11) is 0. The lowest BCUT2D eigenvalue weighted by Gasteiger charge is -2.09. The molecule has 7 aromatic carbocycles. The van der Waals surface area contributed by atoms with Crippen LogP contribution in [0.5, 0.6) is 28.7 Å². The van der Waals surface area contributed by atoms with E-state index in [0.29, 0.717) is 52.4 Å². The highest BCUT2D eigenvalue weighted by Gasteiger charge is 2.19. The number of carbonyl (C=O) groups is 3. The number of ether oxygens (including phenoxy) is 4. The largest absolute Gasteiger partial charge is 0.508 e. The number of rotatable bonds is 18. The fourth-order valence-corrected chi connectivity index (χ4v) is 8.29. The fraction of sp³-hybridized carbons (Fsp3) is 0.221. The van der Waals surface area contributed by atoms with Crippen LogP contribution in [-0.2, 0) is 6.61 Å². The summed E-state index contributed by atoms with van der Waals surface area (Å²) in [6, 6.07) is 51.9. The van der Waals surface area contributed by atoms with Crippen LogP contribution in [0.3, 0.4) is 0 Å². The molecule has 3 heterocycles. The van der Waals surface area contributed by atoms with E-state index >= 15 is 0 Å². The molecule has 478 valence electrons. The number of hydrogen-bond acceptors (Lipinski definition) is 20. The van der Waals surface area contributed by atoms with E-state index in [1.807, 2.05) is 127 Å². The van der Waals surface area contributed by atoms with Crippen molar-refractivity contribution < 1.29 is 38.4 Å². The van der Waals surface area contributed by atoms with E-state index in [1.165, 1.54) is 43.4 Å². The van der Waals surface area contributed by atoms with E-state index in [9.17, 15) is 19.5 Å². The van der Waals surface area contributed by atoms with Crippen molar-refractivity contribution in [1.29, 1.82) is 0 Å². The lowest BCUT2D eigenvalue weighted by atomic mass is 10.1. The van der Waals surface area contributed by atoms with Crippen molar-refractivity contribution >= 4 is 81.4 Å². The van der Waals surface area contributed by atoms with Gasteiger partial charge in [-0.2, -0.15) is 24.3 Å². The highest BCUT2D eigenvalue weighted by molar-refractivity contribution is 6.67. The Kier molecular flexibility index (Phi) is 25.6. The van der Waals surface area contributed by atoms with Gasteiger partial charge >= 0.3 is 0 Å². The molecule has 0 atom stereocenters. The van der Waals surface area contributed by atoms with Crippen LogP contribution in [0.4, 0.5) is 52.8 Å². The molecular formula is C68H76ClN15O8. The maximum atomic E-state index is 12.8. The number of nitrogen functional groups attached to an aromatic ring is 3. The molecule has 0 amide bonds. The minimum Gasteiger partial charge on any atom is -0.508 e. The molecule has 0 saturated carbocycles. The van der Waals surface area contributed by atoms with Crippen molar-refractivity contribution in [3.63, 3.8) is 0 Å². The Morgan fingerprint density at radius 2 is 0.913 bits per heavy atom. The number of benzene rings is 7. The second-order valence-corrected chi connectivity index (χ2v) is 21.6. The minimum atomic E-state index is -0.448. The van der Waals surface area contributed by atoms with Crippen LogP contribution in [-0.4, -0.2) is 85.2 Å². The van der Waals surface area contributed by atoms with Crippen molar-refractivity contribution in [3.8, 4) is 28.7 Å². The minimum absolute atomic E-state index is 0.00665. The van der Waals surface area contributed by atoms with Gasteiger partial charge in [-0.25, -0.2) is 5.10 Å². The number of aromatic amines is 1. The molecule has 1 aliphatic rings. The standard InChI is InChI=1S/C25H25N5O3.C18H19N5O3.C10H11ClO2.C9H11N5.C6H10/c1-17(2)33-22-12-8-19(9-13-22)23(31)30-24(26)28-25(29-30)27-20-10-14-21(15-11-20)32-16-18-6-4-3-5-7-18;1-11(2)26-15-9-3-12(4-10-15)16(25)23-17(19)21-18(22-23)20-13-5-7-14(24)8-6-13;1-7(2)13-9-5-3-8(4-6-9)10(11)12;1-6-2-4-7(5-3-6)11-9-12-8(10)13-14-9;1-2-4-6-5-3-1/h3-15,17H,16H2,1-2H3,(H3,26,27,28,29);3-11,24H,1-2H3,(H3,19,20,21,22);3-7H,1-2H3;2-5H,1H3,(H4,10,11,12,13,14);1-2H,3-6H2. The molecule has 0 radical (unpaired) electrons. The Labute approximate surface area is 539 Å². The number of H-pyrrole nitrogens is 1. The first-order chi connectivity index (χ1) is 44.2. The van der Waals surface area contributed by atoms with E-state index in [1.54, 1.807) is 84.9 Å². The van der Waals surface area contributed by atoms with Crippen molar-refractivity contribution in [2.45, 2.75) is 99.1 Å². The van der Waals surface area contributed by atoms with E-state index in [2.05, 4.69) is 63.4 Å². The number of aromatic nitrogens is 9. The number of aromatic hydroxyl groups is 1. The predicted octanol–water partition coefficient (Wildman–Crippen LogP) is 13.9. The highest BCUT2D eigenvalue weighted by atomic mass is 35.5. The SMILES string of the molecule is C1=CCCCC1.CC(C)Oc1ccc(C(=O)Cl)cc1.CC(C)Oc1ccc(C(=O)n2nc(Nc3ccc(O)cc3)nc2N)cc1.CC(C)Oc1ccc(C(=O)n2nc(Nc3ccc(OCc4ccccc4)cc3)nc2N)cc1.Cc1ccc(Nc2n[nH]c(N)n2)cc1. The Morgan fingerprint density at radius 3 is 1.29 bits per heavy atom. The fourth-order valence-electron chi connectivity index (χ4n) is 8.17. The number of nitrogens with zero attached hydrogens (tertiary/aromatic N) is 8. The van der Waals surface area contributed by atoms with Crippen LogP contribution in [0.15, 0.2) is 188 Å². The molecular weight excluding hydrogens is 1190 g/mol. The summed E-state index contributed by atoms with van der Waals surface area (Å²) in [6.45, 7) is 14.2. The van der Waals surface area contributed by atoms with E-state index in [4.69, 9.17) is 47.7 Å². The quantitative estimate of drug-likeness (QED) is 0.0225. The summed E-state index contributed by atoms with van der Waals surface area (Å²) < 4.78 is 24.4. The average molecular weight is 1270 g/mol. The van der Waals surface area contributed by atoms with Gasteiger partial charge in [0.15, 0.2) is 0 Å². The van der Waals surface area contributed by atoms with Gasteiger partial charge in [-0.05, 0) is 225 Å². The average Bonchev–Trinajstić information content (AvgIpc) is 2.44. The number of halogens is 1. The first-order valence-corrected chi connectivity index (χ1v) is 29.9. The number of anilines is 9. The Hall–Kier alpha value is -11.2. The van der Waals surface area contributed by atoms with Gasteiger partial charge in [0, 0.05) is 33.8 Å². The van der Waals surface area contributed by atoms with Crippen molar-refractivity contribution in [2.24, 2.45) is 0 Å². The monoisotopic (exact) mass is 1270 g/mol. The Bertz CT molecular complexity index is 3910. The lowest BCUT2D eigenvalue weighted by Crippen LogP contribution is -2.16. The molecule has 0 unspecified atom stereocenters. The summed E-state index contributed by atoms with van der Waals surface area (Å²) in [5.74, 6) is 3.37. The zero-order valence-corrected chi connectivity index (χ0v) is 52.9. The molecule has 1 aliphatic carbocycles. The third kappa shape index (κ3) is 22.7. The zero-order valence-electron chi connectivity index (χ0n) is 52.2. The second-order valence-electron chi connectivity index (χ2n) is 21.3. The molecule has 11 rings (SSSR count). The molecule has 0 saturated heterocycles. The molecule has 0 fully saturated rings. The Morgan fingerprint density at radius 1 is 0.522 bits per heavy atom. The van der Waals surface area contributed by atoms with Crippen LogP contribution in [0.1, 0.15) is 109 Å². The van der Waals surface area contributed by atoms with Gasteiger partial charge in [0.25, 0.3) is 17.1 Å². The molecule has 0 aliphatic heterocycles. The van der Waals surface area contributed by atoms with Gasteiger partial charge in [0.1, 0.15) is 35.4 Å².